The molecule has 1 aromatic carbocycles. The van der Waals surface area contributed by atoms with Gasteiger partial charge in [-0.1, -0.05) is 0 Å². The molecule has 0 saturated carbocycles. The quantitative estimate of drug-likeness (QED) is 0.390. The topological polar surface area (TPSA) is 112 Å². The van der Waals surface area contributed by atoms with Crippen molar-refractivity contribution in [2.75, 3.05) is 7.11 Å². The number of hydrogen-bond acceptors (Lipinski definition) is 6. The van der Waals surface area contributed by atoms with Gasteiger partial charge in [-0.25, -0.2) is 0 Å². The Balaban J connectivity index is 2.71. The number of carbonyl (C=O) groups is 2. The molecule has 0 aliphatic carbocycles. The van der Waals surface area contributed by atoms with Crippen LogP contribution in [-0.2, 0) is 16.1 Å². The fraction of sp³-hybridized carbons (Fsp3) is 0.231. The van der Waals surface area contributed by atoms with Gasteiger partial charge in [0, 0.05) is 6.92 Å². The number of aldehydes is 1. The van der Waals surface area contributed by atoms with Gasteiger partial charge in [0.2, 0.25) is 0 Å². The summed E-state index contributed by atoms with van der Waals surface area (Å²) in [7, 11) is 1.31. The largest absolute Gasteiger partial charge is 0.490 e. The van der Waals surface area contributed by atoms with Gasteiger partial charge in [0.1, 0.15) is 6.61 Å². The molecular formula is C13H12N2O6. The van der Waals surface area contributed by atoms with Crippen LogP contribution in [0.5, 0.6) is 5.75 Å². The minimum Gasteiger partial charge on any atom is -0.490 e. The van der Waals surface area contributed by atoms with Crippen LogP contribution in [-0.4, -0.2) is 29.3 Å². The van der Waals surface area contributed by atoms with Crippen molar-refractivity contribution in [3.05, 3.63) is 33.5 Å². The van der Waals surface area contributed by atoms with Gasteiger partial charge in [0.15, 0.2) is 12.0 Å². The third-order valence-corrected chi connectivity index (χ3v) is 2.96. The third-order valence-electron chi connectivity index (χ3n) is 2.96. The van der Waals surface area contributed by atoms with Crippen LogP contribution >= 0.6 is 0 Å². The molecule has 1 heterocycles. The van der Waals surface area contributed by atoms with E-state index in [0.717, 1.165) is 0 Å². The number of rotatable bonds is 5. The predicted octanol–water partition coefficient (Wildman–Crippen LogP) is 1.96. The number of nitrogens with one attached hydrogen (secondary N) is 1. The number of benzene rings is 1. The Kier molecular flexibility index (Phi) is 3.88. The highest BCUT2D eigenvalue weighted by Gasteiger charge is 2.25. The number of ether oxygens (including phenoxy) is 2. The van der Waals surface area contributed by atoms with E-state index in [4.69, 9.17) is 9.47 Å². The molecule has 110 valence electrons. The SMILES string of the molecule is COc1ccc2[nH]c(COC(C)=O)c(C=O)c2c1[N+](=O)[O-]. The first kappa shape index (κ1) is 14.5. The third kappa shape index (κ3) is 2.55. The summed E-state index contributed by atoms with van der Waals surface area (Å²) >= 11 is 0. The molecule has 2 aromatic rings. The van der Waals surface area contributed by atoms with Gasteiger partial charge in [-0.2, -0.15) is 0 Å². The van der Waals surface area contributed by atoms with E-state index in [1.54, 1.807) is 6.07 Å². The molecule has 0 unspecified atom stereocenters. The van der Waals surface area contributed by atoms with E-state index in [9.17, 15) is 19.7 Å². The maximum atomic E-state index is 11.3. The van der Waals surface area contributed by atoms with E-state index in [-0.39, 0.29) is 29.0 Å². The highest BCUT2D eigenvalue weighted by Crippen LogP contribution is 2.37. The Hall–Kier alpha value is -2.90. The lowest BCUT2D eigenvalue weighted by Crippen LogP contribution is -2.01. The van der Waals surface area contributed by atoms with Crippen molar-refractivity contribution in [1.82, 2.24) is 4.98 Å². The molecule has 0 saturated heterocycles. The molecule has 0 bridgehead atoms. The van der Waals surface area contributed by atoms with Gasteiger partial charge >= 0.3 is 11.7 Å². The van der Waals surface area contributed by atoms with Crippen LogP contribution < -0.4 is 4.74 Å². The number of aromatic nitrogens is 1. The highest BCUT2D eigenvalue weighted by molar-refractivity contribution is 6.05. The average Bonchev–Trinajstić information content (AvgIpc) is 2.80. The molecule has 0 fully saturated rings. The van der Waals surface area contributed by atoms with Gasteiger partial charge in [0.05, 0.1) is 34.2 Å². The van der Waals surface area contributed by atoms with Crippen LogP contribution in [0.3, 0.4) is 0 Å². The van der Waals surface area contributed by atoms with Gasteiger partial charge in [-0.3, -0.25) is 19.7 Å². The lowest BCUT2D eigenvalue weighted by molar-refractivity contribution is -0.383. The number of nitrogens with zero attached hydrogens (tertiary/aromatic N) is 1. The minimum atomic E-state index is -0.613. The number of aromatic amines is 1. The van der Waals surface area contributed by atoms with Crippen LogP contribution in [0.4, 0.5) is 5.69 Å². The molecule has 0 amide bonds. The van der Waals surface area contributed by atoms with Gasteiger partial charge in [0.25, 0.3) is 0 Å². The van der Waals surface area contributed by atoms with Crippen molar-refractivity contribution < 1.29 is 24.0 Å². The molecule has 8 heteroatoms. The molecular weight excluding hydrogens is 280 g/mol. The number of H-pyrrole nitrogens is 1. The zero-order chi connectivity index (χ0) is 15.6. The highest BCUT2D eigenvalue weighted by atomic mass is 16.6. The van der Waals surface area contributed by atoms with Crippen LogP contribution in [0.25, 0.3) is 10.9 Å². The molecule has 0 aliphatic rings. The van der Waals surface area contributed by atoms with Crippen LogP contribution in [0.2, 0.25) is 0 Å². The van der Waals surface area contributed by atoms with E-state index in [1.165, 1.54) is 20.1 Å². The summed E-state index contributed by atoms with van der Waals surface area (Å²) in [5, 5.41) is 11.4. The summed E-state index contributed by atoms with van der Waals surface area (Å²) in [5.41, 5.74) is 0.470. The average molecular weight is 292 g/mol. The Morgan fingerprint density at radius 3 is 2.71 bits per heavy atom. The Morgan fingerprint density at radius 1 is 1.48 bits per heavy atom. The van der Waals surface area contributed by atoms with Gasteiger partial charge in [-0.15, -0.1) is 0 Å². The van der Waals surface area contributed by atoms with Crippen molar-refractivity contribution in [3.63, 3.8) is 0 Å². The maximum absolute atomic E-state index is 11.3. The molecule has 21 heavy (non-hydrogen) atoms. The summed E-state index contributed by atoms with van der Waals surface area (Å²) in [6.45, 7) is 1.06. The summed E-state index contributed by atoms with van der Waals surface area (Å²) in [6, 6.07) is 2.99. The lowest BCUT2D eigenvalue weighted by atomic mass is 10.1. The fourth-order valence-electron chi connectivity index (χ4n) is 2.09. The Labute approximate surface area is 118 Å². The lowest BCUT2D eigenvalue weighted by Gasteiger charge is -2.02. The van der Waals surface area contributed by atoms with Crippen molar-refractivity contribution >= 4 is 28.8 Å². The zero-order valence-electron chi connectivity index (χ0n) is 11.3. The van der Waals surface area contributed by atoms with Crippen molar-refractivity contribution in [2.45, 2.75) is 13.5 Å². The van der Waals surface area contributed by atoms with Crippen LogP contribution in [0, 0.1) is 10.1 Å². The second kappa shape index (κ2) is 5.61. The molecule has 8 nitrogen and oxygen atoms in total. The first-order valence-electron chi connectivity index (χ1n) is 5.94. The van der Waals surface area contributed by atoms with E-state index in [0.29, 0.717) is 17.5 Å². The maximum Gasteiger partial charge on any atom is 0.320 e. The van der Waals surface area contributed by atoms with E-state index in [2.05, 4.69) is 4.98 Å². The summed E-state index contributed by atoms with van der Waals surface area (Å²) in [5.74, 6) is -0.466. The number of fused-ring (bicyclic) bond motifs is 1. The van der Waals surface area contributed by atoms with E-state index in [1.807, 2.05) is 0 Å². The van der Waals surface area contributed by atoms with E-state index >= 15 is 0 Å². The van der Waals surface area contributed by atoms with Crippen molar-refractivity contribution in [1.29, 1.82) is 0 Å². The Morgan fingerprint density at radius 2 is 2.19 bits per heavy atom. The summed E-state index contributed by atoms with van der Waals surface area (Å²) in [4.78, 5) is 35.6. The number of carbonyl (C=O) groups excluding carboxylic acids is 2. The normalized spacial score (nSPS) is 10.4. The molecule has 0 atom stereocenters. The van der Waals surface area contributed by atoms with Crippen LogP contribution in [0.1, 0.15) is 23.0 Å². The zero-order valence-corrected chi connectivity index (χ0v) is 11.3. The van der Waals surface area contributed by atoms with Gasteiger partial charge in [-0.05, 0) is 12.1 Å². The molecule has 1 N–H and O–H groups in total. The molecule has 1 aromatic heterocycles. The standard InChI is InChI=1S/C13H12N2O6/c1-7(17)21-6-10-8(5-16)12-9(14-10)3-4-11(20-2)13(12)15(18)19/h3-5,14H,6H2,1-2H3. The molecule has 0 aliphatic heterocycles. The molecule has 0 radical (unpaired) electrons. The number of nitro benzene ring substituents is 1. The summed E-state index contributed by atoms with van der Waals surface area (Å²) < 4.78 is 9.79. The number of hydrogen-bond donors (Lipinski definition) is 1. The number of esters is 1. The second-order valence-electron chi connectivity index (χ2n) is 4.21. The molecule has 2 rings (SSSR count). The fourth-order valence-corrected chi connectivity index (χ4v) is 2.09. The second-order valence-corrected chi connectivity index (χ2v) is 4.21. The first-order chi connectivity index (χ1) is 9.99. The number of methoxy groups -OCH3 is 1. The van der Waals surface area contributed by atoms with Crippen molar-refractivity contribution in [2.24, 2.45) is 0 Å². The van der Waals surface area contributed by atoms with Gasteiger partial charge < -0.3 is 14.5 Å². The molecule has 0 spiro atoms. The monoisotopic (exact) mass is 292 g/mol. The van der Waals surface area contributed by atoms with E-state index < -0.39 is 10.9 Å². The minimum absolute atomic E-state index is 0.0497. The number of nitro groups is 1. The smallest absolute Gasteiger partial charge is 0.320 e. The van der Waals surface area contributed by atoms with Crippen molar-refractivity contribution in [3.8, 4) is 5.75 Å². The summed E-state index contributed by atoms with van der Waals surface area (Å²) in [6.07, 6.45) is 0.490. The Bertz CT molecular complexity index is 734. The first-order valence-corrected chi connectivity index (χ1v) is 5.94. The van der Waals surface area contributed by atoms with Crippen LogP contribution in [0.15, 0.2) is 12.1 Å². The predicted molar refractivity (Wildman–Crippen MR) is 72.4 cm³/mol.